The molecule has 7 atom stereocenters. The third-order valence-electron chi connectivity index (χ3n) is 10.9. The zero-order valence-electron chi connectivity index (χ0n) is 23.1. The molecule has 1 aliphatic heterocycles. The smallest absolute Gasteiger partial charge is 0.224 e. The van der Waals surface area contributed by atoms with Gasteiger partial charge in [0.15, 0.2) is 0 Å². The highest BCUT2D eigenvalue weighted by atomic mass is 35.5. The molecule has 3 unspecified atom stereocenters. The lowest BCUT2D eigenvalue weighted by molar-refractivity contribution is -0.140. The Hall–Kier alpha value is -1.46. The van der Waals surface area contributed by atoms with Gasteiger partial charge in [0.2, 0.25) is 11.8 Å². The minimum atomic E-state index is -0.00439. The lowest BCUT2D eigenvalue weighted by Crippen LogP contribution is -2.64. The van der Waals surface area contributed by atoms with E-state index < -0.39 is 0 Å². The number of nitrogens with zero attached hydrogens (tertiary/aromatic N) is 1. The van der Waals surface area contributed by atoms with Gasteiger partial charge in [0, 0.05) is 48.5 Å². The molecule has 1 saturated heterocycles. The third kappa shape index (κ3) is 5.57. The highest BCUT2D eigenvalue weighted by molar-refractivity contribution is 6.18. The van der Waals surface area contributed by atoms with Crippen LogP contribution in [0, 0.1) is 29.1 Å². The molecule has 5 nitrogen and oxygen atoms in total. The average molecular weight is 563 g/mol. The Morgan fingerprint density at radius 3 is 2.45 bits per heavy atom. The highest BCUT2D eigenvalue weighted by Gasteiger charge is 2.58. The van der Waals surface area contributed by atoms with Crippen LogP contribution in [0.25, 0.3) is 0 Å². The maximum absolute atomic E-state index is 13.0. The number of amides is 2. The molecule has 3 saturated carbocycles. The van der Waals surface area contributed by atoms with E-state index in [1.807, 2.05) is 12.1 Å². The summed E-state index contributed by atoms with van der Waals surface area (Å²) in [5.41, 5.74) is 2.49. The first kappa shape index (κ1) is 28.1. The summed E-state index contributed by atoms with van der Waals surface area (Å²) in [5.74, 6) is 4.27. The second-order valence-corrected chi connectivity index (χ2v) is 13.7. The molecular formula is C31H45Cl2N3O2. The van der Waals surface area contributed by atoms with Gasteiger partial charge in [-0.05, 0) is 105 Å². The Morgan fingerprint density at radius 1 is 1.00 bits per heavy atom. The van der Waals surface area contributed by atoms with Gasteiger partial charge in [0.1, 0.15) is 0 Å². The minimum Gasteiger partial charge on any atom is -0.369 e. The number of carbonyl (C=O) groups is 2. The van der Waals surface area contributed by atoms with E-state index in [0.29, 0.717) is 41.9 Å². The molecular weight excluding hydrogens is 517 g/mol. The van der Waals surface area contributed by atoms with E-state index in [9.17, 15) is 9.59 Å². The zero-order valence-corrected chi connectivity index (χ0v) is 24.6. The molecule has 4 aliphatic rings. The molecule has 210 valence electrons. The highest BCUT2D eigenvalue weighted by Crippen LogP contribution is 2.62. The van der Waals surface area contributed by atoms with Crippen molar-refractivity contribution in [1.29, 1.82) is 0 Å². The second kappa shape index (κ2) is 11.6. The topological polar surface area (TPSA) is 61.4 Å². The van der Waals surface area contributed by atoms with Crippen LogP contribution in [0.4, 0.5) is 5.69 Å². The maximum Gasteiger partial charge on any atom is 0.224 e. The van der Waals surface area contributed by atoms with E-state index >= 15 is 0 Å². The van der Waals surface area contributed by atoms with Crippen LogP contribution >= 0.6 is 23.2 Å². The number of benzene rings is 1. The summed E-state index contributed by atoms with van der Waals surface area (Å²) >= 11 is 11.9. The van der Waals surface area contributed by atoms with Gasteiger partial charge < -0.3 is 15.5 Å². The Kier molecular flexibility index (Phi) is 8.55. The van der Waals surface area contributed by atoms with Gasteiger partial charge in [0.05, 0.1) is 6.42 Å². The predicted molar refractivity (Wildman–Crippen MR) is 156 cm³/mol. The summed E-state index contributed by atoms with van der Waals surface area (Å²) in [5, 5.41) is 6.77. The van der Waals surface area contributed by atoms with Gasteiger partial charge in [0.25, 0.3) is 0 Å². The molecule has 5 rings (SSSR count). The zero-order chi connectivity index (χ0) is 26.9. The Labute approximate surface area is 238 Å². The summed E-state index contributed by atoms with van der Waals surface area (Å²) in [6.07, 6.45) is 10.4. The molecule has 1 aromatic rings. The monoisotopic (exact) mass is 561 g/mol. The number of hydrogen-bond acceptors (Lipinski definition) is 3. The number of anilines is 1. The number of halogens is 2. The summed E-state index contributed by atoms with van der Waals surface area (Å²) in [7, 11) is 0. The van der Waals surface area contributed by atoms with Crippen molar-refractivity contribution in [1.82, 2.24) is 10.6 Å². The summed E-state index contributed by atoms with van der Waals surface area (Å²) < 4.78 is 0. The lowest BCUT2D eigenvalue weighted by atomic mass is 9.45. The first-order valence-electron chi connectivity index (χ1n) is 14.8. The second-order valence-electron chi connectivity index (χ2n) is 12.9. The van der Waals surface area contributed by atoms with Crippen molar-refractivity contribution in [2.75, 3.05) is 29.7 Å². The lowest BCUT2D eigenvalue weighted by Gasteiger charge is -2.62. The van der Waals surface area contributed by atoms with Crippen molar-refractivity contribution in [2.45, 2.75) is 89.6 Å². The number of piperidine rings is 1. The summed E-state index contributed by atoms with van der Waals surface area (Å²) in [6.45, 7) is 6.37. The average Bonchev–Trinajstić information content (AvgIpc) is 2.88. The molecule has 4 fully saturated rings. The Balaban J connectivity index is 1.16. The maximum atomic E-state index is 13.0. The minimum absolute atomic E-state index is 0.00439. The number of fused-ring (bicyclic) bond motifs is 5. The normalized spacial score (nSPS) is 36.3. The predicted octanol–water partition coefficient (Wildman–Crippen LogP) is 5.91. The van der Waals surface area contributed by atoms with Crippen LogP contribution in [-0.4, -0.2) is 48.2 Å². The van der Waals surface area contributed by atoms with E-state index in [1.54, 1.807) is 0 Å². The molecule has 0 aromatic heterocycles. The number of nitrogens with one attached hydrogen (secondary N) is 2. The van der Waals surface area contributed by atoms with Crippen LogP contribution in [0.3, 0.4) is 0 Å². The van der Waals surface area contributed by atoms with Gasteiger partial charge >= 0.3 is 0 Å². The van der Waals surface area contributed by atoms with Gasteiger partial charge in [-0.2, -0.15) is 0 Å². The van der Waals surface area contributed by atoms with E-state index in [1.165, 1.54) is 25.7 Å². The molecule has 3 aliphatic carbocycles. The van der Waals surface area contributed by atoms with E-state index in [4.69, 9.17) is 23.2 Å². The van der Waals surface area contributed by atoms with Gasteiger partial charge in [-0.25, -0.2) is 0 Å². The van der Waals surface area contributed by atoms with E-state index in [0.717, 1.165) is 61.9 Å². The van der Waals surface area contributed by atoms with Gasteiger partial charge in [-0.3, -0.25) is 9.59 Å². The van der Waals surface area contributed by atoms with Crippen molar-refractivity contribution in [3.63, 3.8) is 0 Å². The molecule has 1 heterocycles. The Morgan fingerprint density at radius 2 is 1.74 bits per heavy atom. The summed E-state index contributed by atoms with van der Waals surface area (Å²) in [4.78, 5) is 27.3. The Bertz CT molecular complexity index is 997. The van der Waals surface area contributed by atoms with Crippen molar-refractivity contribution in [3.05, 3.63) is 29.8 Å². The van der Waals surface area contributed by atoms with Crippen LogP contribution in [-0.2, 0) is 16.0 Å². The quantitative estimate of drug-likeness (QED) is 0.388. The number of alkyl halides is 2. The van der Waals surface area contributed by atoms with Gasteiger partial charge in [-0.1, -0.05) is 19.1 Å². The van der Waals surface area contributed by atoms with Crippen LogP contribution in [0.1, 0.15) is 77.2 Å². The van der Waals surface area contributed by atoms with E-state index in [-0.39, 0.29) is 23.4 Å². The van der Waals surface area contributed by atoms with Crippen molar-refractivity contribution in [3.8, 4) is 0 Å². The summed E-state index contributed by atoms with van der Waals surface area (Å²) in [6, 6.07) is 8.52. The van der Waals surface area contributed by atoms with Gasteiger partial charge in [-0.15, -0.1) is 23.2 Å². The first-order chi connectivity index (χ1) is 18.3. The molecule has 2 N–H and O–H groups in total. The standard InChI is InChI=1S/C31H45Cl2N3O2/c1-30-13-11-23(34-29(38)19-21-3-6-24(7-4-21)36(17-15-32)18-16-33)20-22(30)5-8-25-26(30)12-14-31(2)27(25)9-10-28(37)35-31/h3-4,6-7,22-23,25-27H,5,8-20H2,1-2H3,(H,34,38)(H,35,37)/t22-,23-,25?,26?,27?,30-,31-/m0/s1. The molecule has 1 aromatic carbocycles. The molecule has 0 radical (unpaired) electrons. The third-order valence-corrected chi connectivity index (χ3v) is 11.2. The molecule has 38 heavy (non-hydrogen) atoms. The van der Waals surface area contributed by atoms with E-state index in [2.05, 4.69) is 41.5 Å². The van der Waals surface area contributed by atoms with Crippen LogP contribution in [0.2, 0.25) is 0 Å². The molecule has 0 bridgehead atoms. The molecule has 7 heteroatoms. The largest absolute Gasteiger partial charge is 0.369 e. The fourth-order valence-electron chi connectivity index (χ4n) is 8.93. The van der Waals surface area contributed by atoms with Crippen molar-refractivity contribution < 1.29 is 9.59 Å². The number of carbonyl (C=O) groups excluding carboxylic acids is 2. The van der Waals surface area contributed by atoms with Crippen LogP contribution in [0.5, 0.6) is 0 Å². The van der Waals surface area contributed by atoms with Crippen LogP contribution in [0.15, 0.2) is 24.3 Å². The number of rotatable bonds is 8. The SMILES string of the molecule is C[C@]12CCC3C(CC[C@H]4C[C@@H](NC(=O)Cc5ccc(N(CCCl)CCCl)cc5)CC[C@]34C)C1CCC(=O)N2. The van der Waals surface area contributed by atoms with Crippen molar-refractivity contribution >= 4 is 40.7 Å². The number of hydrogen-bond donors (Lipinski definition) is 2. The first-order valence-corrected chi connectivity index (χ1v) is 15.9. The molecule has 2 amide bonds. The molecule has 0 spiro atoms. The fraction of sp³-hybridized carbons (Fsp3) is 0.742. The fourth-order valence-corrected chi connectivity index (χ4v) is 9.34. The van der Waals surface area contributed by atoms with Crippen molar-refractivity contribution in [2.24, 2.45) is 29.1 Å². The van der Waals surface area contributed by atoms with Crippen LogP contribution < -0.4 is 15.5 Å².